The highest BCUT2D eigenvalue weighted by molar-refractivity contribution is 5.95. The molecule has 0 radical (unpaired) electrons. The van der Waals surface area contributed by atoms with Gasteiger partial charge in [0.25, 0.3) is 12.4 Å². The second-order valence-corrected chi connectivity index (χ2v) is 8.53. The molecule has 33 heavy (non-hydrogen) atoms. The van der Waals surface area contributed by atoms with E-state index < -0.39 is 5.97 Å². The first-order valence-electron chi connectivity index (χ1n) is 11.2. The summed E-state index contributed by atoms with van der Waals surface area (Å²) in [4.78, 5) is 43.8. The van der Waals surface area contributed by atoms with E-state index in [-0.39, 0.29) is 30.4 Å². The summed E-state index contributed by atoms with van der Waals surface area (Å²) in [6.45, 7) is 5.16. The van der Waals surface area contributed by atoms with Crippen LogP contribution in [-0.4, -0.2) is 63.1 Å². The molecule has 2 fully saturated rings. The first-order chi connectivity index (χ1) is 15.9. The Morgan fingerprint density at radius 3 is 2.55 bits per heavy atom. The Morgan fingerprint density at radius 1 is 1.21 bits per heavy atom. The number of carboxylic acid groups (broad SMARTS) is 2. The lowest BCUT2D eigenvalue weighted by molar-refractivity contribution is -0.122. The number of aryl methyl sites for hydroxylation is 1. The van der Waals surface area contributed by atoms with Crippen molar-refractivity contribution in [1.82, 2.24) is 20.2 Å². The minimum absolute atomic E-state index is 0.207. The maximum absolute atomic E-state index is 12.9. The molecule has 1 aliphatic carbocycles. The second-order valence-electron chi connectivity index (χ2n) is 8.53. The van der Waals surface area contributed by atoms with Gasteiger partial charge in [-0.2, -0.15) is 0 Å². The smallest absolute Gasteiger partial charge is 0.335 e. The van der Waals surface area contributed by atoms with Crippen LogP contribution in [0.25, 0.3) is 0 Å². The molecule has 2 aromatic rings. The number of carboxylic acids is 1. The number of likely N-dealkylation sites (tertiary alicyclic amines) is 1. The molecule has 2 heterocycles. The van der Waals surface area contributed by atoms with Gasteiger partial charge < -0.3 is 20.4 Å². The fourth-order valence-electron chi connectivity index (χ4n) is 4.12. The zero-order valence-electron chi connectivity index (χ0n) is 18.7. The molecule has 9 heteroatoms. The molecule has 9 nitrogen and oxygen atoms in total. The van der Waals surface area contributed by atoms with Crippen molar-refractivity contribution in [3.63, 3.8) is 0 Å². The molecule has 0 bridgehead atoms. The van der Waals surface area contributed by atoms with E-state index in [4.69, 9.17) is 15.0 Å². The van der Waals surface area contributed by atoms with Crippen LogP contribution in [0, 0.1) is 12.8 Å². The number of carbonyl (C=O) groups is 3. The summed E-state index contributed by atoms with van der Waals surface area (Å²) in [7, 11) is 0. The molecule has 1 aromatic heterocycles. The van der Waals surface area contributed by atoms with Crippen LogP contribution >= 0.6 is 0 Å². The van der Waals surface area contributed by atoms with Gasteiger partial charge in [0.05, 0.1) is 16.8 Å². The Balaban J connectivity index is 0.000000968. The summed E-state index contributed by atoms with van der Waals surface area (Å²) in [5, 5.41) is 18.9. The zero-order valence-corrected chi connectivity index (χ0v) is 18.7. The van der Waals surface area contributed by atoms with Crippen LogP contribution in [0.15, 0.2) is 30.5 Å². The molecule has 0 spiro atoms. The third-order valence-electron chi connectivity index (χ3n) is 6.00. The molecule has 4 rings (SSSR count). The van der Waals surface area contributed by atoms with Crippen LogP contribution in [0.2, 0.25) is 0 Å². The third-order valence-corrected chi connectivity index (χ3v) is 6.00. The van der Waals surface area contributed by atoms with Crippen LogP contribution in [-0.2, 0) is 11.3 Å². The fraction of sp³-hybridized carbons (Fsp3) is 0.458. The van der Waals surface area contributed by atoms with E-state index in [0.29, 0.717) is 11.4 Å². The SMILES string of the molecule is Cc1ncc(C(=O)NCc2cccc(C(=O)O)c2)c(C2CCN(CC3CC3)CC2)n1.O=CO. The summed E-state index contributed by atoms with van der Waals surface area (Å²) in [6, 6.07) is 6.59. The first-order valence-corrected chi connectivity index (χ1v) is 11.2. The number of aromatic nitrogens is 2. The summed E-state index contributed by atoms with van der Waals surface area (Å²) >= 11 is 0. The van der Waals surface area contributed by atoms with Crippen LogP contribution in [0.5, 0.6) is 0 Å². The van der Waals surface area contributed by atoms with Crippen molar-refractivity contribution >= 4 is 18.3 Å². The van der Waals surface area contributed by atoms with Crippen LogP contribution < -0.4 is 5.32 Å². The summed E-state index contributed by atoms with van der Waals surface area (Å²) in [6.07, 6.45) is 6.36. The van der Waals surface area contributed by atoms with Gasteiger partial charge in [0.15, 0.2) is 0 Å². The van der Waals surface area contributed by atoms with E-state index in [2.05, 4.69) is 20.2 Å². The van der Waals surface area contributed by atoms with Crippen molar-refractivity contribution in [2.75, 3.05) is 19.6 Å². The molecule has 0 atom stereocenters. The number of nitrogens with one attached hydrogen (secondary N) is 1. The van der Waals surface area contributed by atoms with Gasteiger partial charge in [-0.15, -0.1) is 0 Å². The van der Waals surface area contributed by atoms with E-state index in [0.717, 1.165) is 43.1 Å². The second kappa shape index (κ2) is 11.5. The van der Waals surface area contributed by atoms with Crippen LogP contribution in [0.4, 0.5) is 0 Å². The third kappa shape index (κ3) is 7.08. The molecule has 2 aliphatic rings. The van der Waals surface area contributed by atoms with Gasteiger partial charge in [0.1, 0.15) is 5.82 Å². The Hall–Kier alpha value is -3.33. The predicted octanol–water partition coefficient (Wildman–Crippen LogP) is 2.70. The van der Waals surface area contributed by atoms with Gasteiger partial charge in [0.2, 0.25) is 0 Å². The van der Waals surface area contributed by atoms with E-state index in [1.165, 1.54) is 25.5 Å². The van der Waals surface area contributed by atoms with Crippen LogP contribution in [0.1, 0.15) is 69.4 Å². The summed E-state index contributed by atoms with van der Waals surface area (Å²) in [5.41, 5.74) is 2.31. The van der Waals surface area contributed by atoms with Crippen molar-refractivity contribution in [1.29, 1.82) is 0 Å². The molecule has 1 amide bonds. The molecule has 1 saturated heterocycles. The molecule has 3 N–H and O–H groups in total. The number of piperidine rings is 1. The van der Waals surface area contributed by atoms with E-state index in [9.17, 15) is 9.59 Å². The first kappa shape index (κ1) is 24.3. The number of nitrogens with zero attached hydrogens (tertiary/aromatic N) is 3. The monoisotopic (exact) mass is 454 g/mol. The summed E-state index contributed by atoms with van der Waals surface area (Å²) < 4.78 is 0. The van der Waals surface area contributed by atoms with Crippen molar-refractivity contribution in [2.45, 2.75) is 45.1 Å². The van der Waals surface area contributed by atoms with Gasteiger partial charge in [-0.05, 0) is 69.3 Å². The average Bonchev–Trinajstić information content (AvgIpc) is 3.63. The number of amides is 1. The molecule has 1 aromatic carbocycles. The van der Waals surface area contributed by atoms with Crippen LogP contribution in [0.3, 0.4) is 0 Å². The highest BCUT2D eigenvalue weighted by Gasteiger charge is 2.29. The Morgan fingerprint density at radius 2 is 1.91 bits per heavy atom. The quantitative estimate of drug-likeness (QED) is 0.544. The van der Waals surface area contributed by atoms with Crippen molar-refractivity contribution in [3.05, 3.63) is 58.7 Å². The lowest BCUT2D eigenvalue weighted by Gasteiger charge is -2.32. The molecular weight excluding hydrogens is 424 g/mol. The molecular formula is C24H30N4O5. The lowest BCUT2D eigenvalue weighted by Crippen LogP contribution is -2.35. The minimum atomic E-state index is -0.981. The minimum Gasteiger partial charge on any atom is -0.483 e. The molecule has 1 saturated carbocycles. The Bertz CT molecular complexity index is 985. The van der Waals surface area contributed by atoms with Crippen molar-refractivity contribution in [3.8, 4) is 0 Å². The highest BCUT2D eigenvalue weighted by atomic mass is 16.4. The maximum atomic E-state index is 12.9. The number of hydrogen-bond acceptors (Lipinski definition) is 6. The van der Waals surface area contributed by atoms with Gasteiger partial charge >= 0.3 is 5.97 Å². The lowest BCUT2D eigenvalue weighted by atomic mass is 9.90. The van der Waals surface area contributed by atoms with Gasteiger partial charge in [-0.3, -0.25) is 9.59 Å². The maximum Gasteiger partial charge on any atom is 0.335 e. The van der Waals surface area contributed by atoms with Crippen molar-refractivity contribution < 1.29 is 24.6 Å². The number of benzene rings is 1. The molecule has 176 valence electrons. The fourth-order valence-corrected chi connectivity index (χ4v) is 4.12. The van der Waals surface area contributed by atoms with Gasteiger partial charge in [-0.1, -0.05) is 12.1 Å². The highest BCUT2D eigenvalue weighted by Crippen LogP contribution is 2.33. The predicted molar refractivity (Wildman–Crippen MR) is 121 cm³/mol. The normalized spacial score (nSPS) is 16.4. The summed E-state index contributed by atoms with van der Waals surface area (Å²) in [5.74, 6) is 0.634. The number of hydrogen-bond donors (Lipinski definition) is 3. The van der Waals surface area contributed by atoms with Gasteiger partial charge in [-0.25, -0.2) is 14.8 Å². The van der Waals surface area contributed by atoms with E-state index in [1.807, 2.05) is 6.92 Å². The largest absolute Gasteiger partial charge is 0.483 e. The Labute approximate surface area is 192 Å². The standard InChI is InChI=1S/C23H28N4O3.CH2O2/c1-15-24-13-20(22(28)25-12-17-3-2-4-19(11-17)23(29)30)21(26-15)18-7-9-27(10-8-18)14-16-5-6-16;2-1-3/h2-4,11,13,16,18H,5-10,12,14H2,1H3,(H,25,28)(H,29,30);1H,(H,2,3). The van der Waals surface area contributed by atoms with E-state index >= 15 is 0 Å². The van der Waals surface area contributed by atoms with Gasteiger partial charge in [0, 0.05) is 25.2 Å². The van der Waals surface area contributed by atoms with E-state index in [1.54, 1.807) is 24.4 Å². The molecule has 1 aliphatic heterocycles. The Kier molecular flexibility index (Phi) is 8.48. The topological polar surface area (TPSA) is 133 Å². The number of rotatable bonds is 7. The molecule has 0 unspecified atom stereocenters. The zero-order chi connectivity index (χ0) is 23.8. The average molecular weight is 455 g/mol. The number of aromatic carboxylic acids is 1. The number of carbonyl (C=O) groups excluding carboxylic acids is 1. The van der Waals surface area contributed by atoms with Crippen molar-refractivity contribution in [2.24, 2.45) is 5.92 Å².